The Morgan fingerprint density at radius 2 is 2.25 bits per heavy atom. The molecule has 0 aliphatic rings. The molecule has 6 heteroatoms. The molecule has 0 unspecified atom stereocenters. The third kappa shape index (κ3) is 2.42. The van der Waals surface area contributed by atoms with Gasteiger partial charge in [0.05, 0.1) is 5.02 Å². The van der Waals surface area contributed by atoms with Crippen molar-refractivity contribution in [2.75, 3.05) is 6.54 Å². The highest BCUT2D eigenvalue weighted by atomic mass is 79.9. The summed E-state index contributed by atoms with van der Waals surface area (Å²) in [5.41, 5.74) is 6.20. The van der Waals surface area contributed by atoms with Gasteiger partial charge < -0.3 is 10.3 Å². The first-order valence-electron chi connectivity index (χ1n) is 4.69. The van der Waals surface area contributed by atoms with E-state index in [4.69, 9.17) is 21.9 Å². The lowest BCUT2D eigenvalue weighted by molar-refractivity contribution is 0.422. The molecular weight excluding hydrogens is 293 g/mol. The molecule has 1 heterocycles. The number of nitrogens with two attached hydrogens (primary N) is 1. The van der Waals surface area contributed by atoms with Crippen LogP contribution in [0.4, 0.5) is 0 Å². The Kier molecular flexibility index (Phi) is 3.58. The number of halogens is 2. The highest BCUT2D eigenvalue weighted by Crippen LogP contribution is 2.27. The molecule has 0 bridgehead atoms. The van der Waals surface area contributed by atoms with Gasteiger partial charge in [-0.3, -0.25) is 0 Å². The van der Waals surface area contributed by atoms with Crippen molar-refractivity contribution in [2.24, 2.45) is 5.73 Å². The Bertz CT molecular complexity index is 501. The molecule has 2 rings (SSSR count). The van der Waals surface area contributed by atoms with Crippen molar-refractivity contribution in [1.29, 1.82) is 0 Å². The first kappa shape index (κ1) is 11.6. The van der Waals surface area contributed by atoms with Gasteiger partial charge in [0.2, 0.25) is 0 Å². The van der Waals surface area contributed by atoms with Crippen LogP contribution in [0.1, 0.15) is 5.82 Å². The summed E-state index contributed by atoms with van der Waals surface area (Å²) in [4.78, 5) is 4.21. The largest absolute Gasteiger partial charge is 0.334 e. The molecule has 0 saturated heterocycles. The van der Waals surface area contributed by atoms with E-state index < -0.39 is 0 Å². The second kappa shape index (κ2) is 4.95. The molecule has 4 nitrogen and oxygen atoms in total. The van der Waals surface area contributed by atoms with E-state index in [1.165, 1.54) is 0 Å². The van der Waals surface area contributed by atoms with Gasteiger partial charge in [-0.15, -0.1) is 0 Å². The fraction of sp³-hybridized carbons (Fsp3) is 0.200. The van der Waals surface area contributed by atoms with Crippen LogP contribution in [-0.4, -0.2) is 16.7 Å². The van der Waals surface area contributed by atoms with E-state index in [0.717, 1.165) is 10.0 Å². The van der Waals surface area contributed by atoms with E-state index in [-0.39, 0.29) is 0 Å². The van der Waals surface area contributed by atoms with E-state index in [1.54, 1.807) is 6.07 Å². The molecule has 0 atom stereocenters. The molecule has 0 aliphatic heterocycles. The molecule has 16 heavy (non-hydrogen) atoms. The SMILES string of the molecule is NCCc1noc(-c2ccc(Br)c(Cl)c2)n1. The van der Waals surface area contributed by atoms with Gasteiger partial charge in [-0.1, -0.05) is 16.8 Å². The maximum atomic E-state index is 5.97. The van der Waals surface area contributed by atoms with Gasteiger partial charge in [-0.05, 0) is 40.7 Å². The van der Waals surface area contributed by atoms with Crippen molar-refractivity contribution in [3.8, 4) is 11.5 Å². The third-order valence-corrected chi connectivity index (χ3v) is 3.24. The fourth-order valence-corrected chi connectivity index (χ4v) is 1.66. The van der Waals surface area contributed by atoms with Crippen LogP contribution >= 0.6 is 27.5 Å². The summed E-state index contributed by atoms with van der Waals surface area (Å²) in [5, 5.41) is 4.42. The Hall–Kier alpha value is -0.910. The molecule has 2 N–H and O–H groups in total. The first-order chi connectivity index (χ1) is 7.70. The first-order valence-corrected chi connectivity index (χ1v) is 5.86. The van der Waals surface area contributed by atoms with Crippen molar-refractivity contribution in [2.45, 2.75) is 6.42 Å². The molecule has 1 aromatic carbocycles. The van der Waals surface area contributed by atoms with Crippen LogP contribution in [0.25, 0.3) is 11.5 Å². The minimum atomic E-state index is 0.456. The third-order valence-electron chi connectivity index (χ3n) is 2.00. The fourth-order valence-electron chi connectivity index (χ4n) is 1.23. The molecular formula is C10H9BrClN3O. The second-order valence-electron chi connectivity index (χ2n) is 3.18. The van der Waals surface area contributed by atoms with Gasteiger partial charge in [0.25, 0.3) is 5.89 Å². The summed E-state index contributed by atoms with van der Waals surface area (Å²) >= 11 is 9.29. The number of aromatic nitrogens is 2. The maximum absolute atomic E-state index is 5.97. The predicted octanol–water partition coefficient (Wildman–Crippen LogP) is 2.65. The Morgan fingerprint density at radius 1 is 1.44 bits per heavy atom. The summed E-state index contributed by atoms with van der Waals surface area (Å²) in [7, 11) is 0. The molecule has 2 aromatic rings. The van der Waals surface area contributed by atoms with Crippen molar-refractivity contribution in [3.05, 3.63) is 33.5 Å². The van der Waals surface area contributed by atoms with Gasteiger partial charge in [-0.2, -0.15) is 4.98 Å². The Labute approximate surface area is 106 Å². The number of nitrogens with zero attached hydrogens (tertiary/aromatic N) is 2. The summed E-state index contributed by atoms with van der Waals surface area (Å²) in [5.74, 6) is 1.06. The van der Waals surface area contributed by atoms with E-state index >= 15 is 0 Å². The maximum Gasteiger partial charge on any atom is 0.257 e. The molecule has 0 spiro atoms. The van der Waals surface area contributed by atoms with Crippen LogP contribution < -0.4 is 5.73 Å². The van der Waals surface area contributed by atoms with Crippen LogP contribution in [-0.2, 0) is 6.42 Å². The van der Waals surface area contributed by atoms with Gasteiger partial charge in [-0.25, -0.2) is 0 Å². The number of hydrogen-bond donors (Lipinski definition) is 1. The lowest BCUT2D eigenvalue weighted by Crippen LogP contribution is -2.03. The topological polar surface area (TPSA) is 64.9 Å². The van der Waals surface area contributed by atoms with E-state index in [9.17, 15) is 0 Å². The van der Waals surface area contributed by atoms with Gasteiger partial charge in [0.15, 0.2) is 5.82 Å². The van der Waals surface area contributed by atoms with Crippen molar-refractivity contribution in [1.82, 2.24) is 10.1 Å². The predicted molar refractivity (Wildman–Crippen MR) is 65.2 cm³/mol. The molecule has 0 fully saturated rings. The van der Waals surface area contributed by atoms with E-state index in [1.807, 2.05) is 12.1 Å². The zero-order chi connectivity index (χ0) is 11.5. The number of rotatable bonds is 3. The minimum Gasteiger partial charge on any atom is -0.334 e. The molecule has 0 saturated carbocycles. The zero-order valence-electron chi connectivity index (χ0n) is 8.28. The molecule has 84 valence electrons. The summed E-state index contributed by atoms with van der Waals surface area (Å²) in [6.07, 6.45) is 0.605. The Morgan fingerprint density at radius 3 is 2.94 bits per heavy atom. The van der Waals surface area contributed by atoms with Crippen LogP contribution in [0.15, 0.2) is 27.2 Å². The lowest BCUT2D eigenvalue weighted by Gasteiger charge is -1.97. The zero-order valence-corrected chi connectivity index (χ0v) is 10.6. The van der Waals surface area contributed by atoms with Gasteiger partial charge >= 0.3 is 0 Å². The number of hydrogen-bond acceptors (Lipinski definition) is 4. The number of benzene rings is 1. The summed E-state index contributed by atoms with van der Waals surface area (Å²) in [6, 6.07) is 5.46. The van der Waals surface area contributed by atoms with Crippen molar-refractivity contribution < 1.29 is 4.52 Å². The standard InChI is InChI=1S/C10H9BrClN3O/c11-7-2-1-6(5-8(7)12)10-14-9(3-4-13)15-16-10/h1-2,5H,3-4,13H2. The van der Waals surface area contributed by atoms with Crippen LogP contribution in [0.2, 0.25) is 5.02 Å². The average molecular weight is 303 g/mol. The monoisotopic (exact) mass is 301 g/mol. The minimum absolute atomic E-state index is 0.456. The smallest absolute Gasteiger partial charge is 0.257 e. The lowest BCUT2D eigenvalue weighted by atomic mass is 10.2. The van der Waals surface area contributed by atoms with E-state index in [0.29, 0.717) is 29.7 Å². The molecule has 1 aromatic heterocycles. The molecule has 0 radical (unpaired) electrons. The normalized spacial score (nSPS) is 10.7. The van der Waals surface area contributed by atoms with Crippen LogP contribution in [0.5, 0.6) is 0 Å². The highest BCUT2D eigenvalue weighted by molar-refractivity contribution is 9.10. The average Bonchev–Trinajstić information content (AvgIpc) is 2.71. The quantitative estimate of drug-likeness (QED) is 0.946. The van der Waals surface area contributed by atoms with Crippen LogP contribution in [0.3, 0.4) is 0 Å². The second-order valence-corrected chi connectivity index (χ2v) is 4.44. The van der Waals surface area contributed by atoms with Gasteiger partial charge in [0.1, 0.15) is 0 Å². The summed E-state index contributed by atoms with van der Waals surface area (Å²) < 4.78 is 5.94. The van der Waals surface area contributed by atoms with Gasteiger partial charge in [0, 0.05) is 16.5 Å². The summed E-state index contributed by atoms with van der Waals surface area (Å²) in [6.45, 7) is 0.500. The molecule has 0 aliphatic carbocycles. The van der Waals surface area contributed by atoms with E-state index in [2.05, 4.69) is 26.1 Å². The van der Waals surface area contributed by atoms with Crippen molar-refractivity contribution in [3.63, 3.8) is 0 Å². The van der Waals surface area contributed by atoms with Crippen molar-refractivity contribution >= 4 is 27.5 Å². The van der Waals surface area contributed by atoms with Crippen LogP contribution in [0, 0.1) is 0 Å². The molecule has 0 amide bonds. The highest BCUT2D eigenvalue weighted by Gasteiger charge is 2.09. The Balaban J connectivity index is 2.31.